The lowest BCUT2D eigenvalue weighted by Crippen LogP contribution is -2.40. The summed E-state index contributed by atoms with van der Waals surface area (Å²) in [4.78, 5) is 39.4. The van der Waals surface area contributed by atoms with Gasteiger partial charge in [0, 0.05) is 24.2 Å². The fraction of sp³-hybridized carbons (Fsp3) is 0.125. The van der Waals surface area contributed by atoms with E-state index in [9.17, 15) is 19.7 Å². The Bertz CT molecular complexity index is 2320. The average molecular weight is 867 g/mol. The smallest absolute Gasteiger partial charge is 0.287 e. The van der Waals surface area contributed by atoms with Crippen molar-refractivity contribution in [2.75, 3.05) is 12.1 Å². The lowest BCUT2D eigenvalue weighted by atomic mass is 10.1. The van der Waals surface area contributed by atoms with Crippen LogP contribution >= 0.6 is 62.3 Å². The van der Waals surface area contributed by atoms with E-state index in [0.717, 1.165) is 22.1 Å². The van der Waals surface area contributed by atoms with Crippen LogP contribution in [0.15, 0.2) is 68.2 Å². The minimum Gasteiger partial charge on any atom is -0.360 e. The van der Waals surface area contributed by atoms with E-state index in [2.05, 4.69) is 47.2 Å². The number of anilines is 1. The number of nitrogen functional groups attached to an aromatic ring is 1. The first-order chi connectivity index (χ1) is 25.2. The molecular formula is C32H25BrCl4N10O6. The van der Waals surface area contributed by atoms with Crippen LogP contribution in [0.4, 0.5) is 11.5 Å². The number of hydrogen-bond acceptors (Lipinski definition) is 12. The van der Waals surface area contributed by atoms with Crippen molar-refractivity contribution >= 4 is 85.7 Å². The number of aromatic nitrogens is 5. The summed E-state index contributed by atoms with van der Waals surface area (Å²) in [5.74, 6) is 4.87. The second-order valence-electron chi connectivity index (χ2n) is 10.9. The van der Waals surface area contributed by atoms with E-state index in [1.165, 1.54) is 28.9 Å². The Hall–Kier alpha value is -5.04. The van der Waals surface area contributed by atoms with Gasteiger partial charge in [-0.15, -0.1) is 0 Å². The molecule has 0 unspecified atom stereocenters. The van der Waals surface area contributed by atoms with Gasteiger partial charge in [0.25, 0.3) is 23.4 Å². The monoisotopic (exact) mass is 864 g/mol. The average Bonchev–Trinajstić information content (AvgIpc) is 3.80. The number of amides is 2. The number of hydrazine groups is 2. The van der Waals surface area contributed by atoms with Gasteiger partial charge in [-0.3, -0.25) is 35.6 Å². The Labute approximate surface area is 328 Å². The van der Waals surface area contributed by atoms with Gasteiger partial charge in [-0.25, -0.2) is 15.5 Å². The lowest BCUT2D eigenvalue weighted by Gasteiger charge is -2.19. The highest BCUT2D eigenvalue weighted by atomic mass is 79.9. The van der Waals surface area contributed by atoms with Gasteiger partial charge in [0.15, 0.2) is 0 Å². The molecule has 0 aliphatic carbocycles. The maximum atomic E-state index is 12.8. The standard InChI is InChI=1S/C17H13Cl2N5O4.C15H12BrCl2N5O2/c1-9-14(16(22-28-9)15-11(18)4-3-5-12(15)19)17(25)21-23(2)13-7-6-10(8-20-13)24(26)27;1-6-12(16)7(2)23(21-6)15-11(14(24)20-19)13(22-25-15)10-8(17)4-3-5-9(10)18/h3-8H,1-2H3,(H,21,25);3-5H,19H2,1-2H3,(H,20,24). The van der Waals surface area contributed by atoms with Crippen molar-refractivity contribution in [2.24, 2.45) is 5.84 Å². The number of carbonyl (C=O) groups is 2. The van der Waals surface area contributed by atoms with E-state index in [1.807, 2.05) is 13.8 Å². The van der Waals surface area contributed by atoms with Crippen LogP contribution in [0.5, 0.6) is 0 Å². The molecule has 4 aromatic heterocycles. The minimum absolute atomic E-state index is 0.0793. The Morgan fingerprint density at radius 3 is 1.91 bits per heavy atom. The molecule has 2 aromatic carbocycles. The fourth-order valence-corrected chi connectivity index (χ4v) is 6.30. The van der Waals surface area contributed by atoms with E-state index < -0.39 is 16.7 Å². The van der Waals surface area contributed by atoms with Crippen molar-refractivity contribution in [3.63, 3.8) is 0 Å². The fourth-order valence-electron chi connectivity index (χ4n) is 4.90. The molecule has 0 aliphatic rings. The SMILES string of the molecule is Cc1nn(-c2onc(-c3c(Cl)cccc3Cl)c2C(=O)NN)c(C)c1Br.Cc1onc(-c2c(Cl)cccc2Cl)c1C(=O)NN(C)c1ccc([N+](=O)[O-])cn1. The summed E-state index contributed by atoms with van der Waals surface area (Å²) < 4.78 is 12.8. The van der Waals surface area contributed by atoms with E-state index in [1.54, 1.807) is 43.3 Å². The second-order valence-corrected chi connectivity index (χ2v) is 13.3. The van der Waals surface area contributed by atoms with Crippen molar-refractivity contribution in [1.29, 1.82) is 0 Å². The number of hydrogen-bond donors (Lipinski definition) is 3. The maximum absolute atomic E-state index is 12.8. The first kappa shape index (κ1) is 39.2. The molecule has 53 heavy (non-hydrogen) atoms. The molecule has 0 atom stereocenters. The predicted octanol–water partition coefficient (Wildman–Crippen LogP) is 7.86. The molecule has 0 saturated heterocycles. The summed E-state index contributed by atoms with van der Waals surface area (Å²) in [7, 11) is 1.54. The number of nitrogens with one attached hydrogen (secondary N) is 2. The van der Waals surface area contributed by atoms with Gasteiger partial charge in [0.1, 0.15) is 40.3 Å². The molecule has 4 heterocycles. The molecule has 16 nitrogen and oxygen atoms in total. The topological polar surface area (TPSA) is 213 Å². The zero-order valence-corrected chi connectivity index (χ0v) is 32.4. The number of aryl methyl sites for hydroxylation is 2. The highest BCUT2D eigenvalue weighted by Crippen LogP contribution is 2.39. The van der Waals surface area contributed by atoms with Gasteiger partial charge < -0.3 is 9.05 Å². The van der Waals surface area contributed by atoms with Crippen molar-refractivity contribution in [2.45, 2.75) is 20.8 Å². The molecule has 2 amide bonds. The Kier molecular flexibility index (Phi) is 12.1. The number of pyridine rings is 1. The molecule has 0 radical (unpaired) electrons. The van der Waals surface area contributed by atoms with E-state index in [-0.39, 0.29) is 39.8 Å². The quantitative estimate of drug-likeness (QED) is 0.0577. The van der Waals surface area contributed by atoms with Gasteiger partial charge in [-0.2, -0.15) is 5.10 Å². The lowest BCUT2D eigenvalue weighted by molar-refractivity contribution is -0.385. The van der Waals surface area contributed by atoms with Crippen molar-refractivity contribution in [3.05, 3.63) is 118 Å². The van der Waals surface area contributed by atoms with Crippen molar-refractivity contribution < 1.29 is 23.6 Å². The highest BCUT2D eigenvalue weighted by molar-refractivity contribution is 9.10. The van der Waals surface area contributed by atoms with Crippen LogP contribution in [0.2, 0.25) is 20.1 Å². The molecule has 4 N–H and O–H groups in total. The molecular weight excluding hydrogens is 842 g/mol. The van der Waals surface area contributed by atoms with Crippen LogP contribution in [0.1, 0.15) is 37.9 Å². The number of carbonyl (C=O) groups excluding carboxylic acids is 2. The normalized spacial score (nSPS) is 10.8. The summed E-state index contributed by atoms with van der Waals surface area (Å²) in [6.45, 7) is 5.22. The summed E-state index contributed by atoms with van der Waals surface area (Å²) in [5.41, 5.74) is 7.38. The number of halogens is 5. The second kappa shape index (κ2) is 16.3. The van der Waals surface area contributed by atoms with E-state index >= 15 is 0 Å². The summed E-state index contributed by atoms with van der Waals surface area (Å²) in [6, 6.07) is 12.6. The molecule has 21 heteroatoms. The molecule has 6 rings (SSSR count). The first-order valence-electron chi connectivity index (χ1n) is 14.9. The van der Waals surface area contributed by atoms with Crippen LogP contribution in [0.3, 0.4) is 0 Å². The van der Waals surface area contributed by atoms with Crippen molar-refractivity contribution in [1.82, 2.24) is 35.9 Å². The molecule has 6 aromatic rings. The van der Waals surface area contributed by atoms with Gasteiger partial charge in [-0.05, 0) is 67.0 Å². The molecule has 0 saturated carbocycles. The first-order valence-corrected chi connectivity index (χ1v) is 17.2. The molecule has 0 aliphatic heterocycles. The number of benzene rings is 2. The Morgan fingerprint density at radius 2 is 1.43 bits per heavy atom. The van der Waals surface area contributed by atoms with Crippen LogP contribution in [-0.2, 0) is 0 Å². The Morgan fingerprint density at radius 1 is 0.887 bits per heavy atom. The highest BCUT2D eigenvalue weighted by Gasteiger charge is 2.30. The van der Waals surface area contributed by atoms with Crippen LogP contribution in [0, 0.1) is 30.9 Å². The van der Waals surface area contributed by atoms with Crippen molar-refractivity contribution in [3.8, 4) is 28.4 Å². The largest absolute Gasteiger partial charge is 0.360 e. The van der Waals surface area contributed by atoms with Gasteiger partial charge in [0.05, 0.1) is 40.9 Å². The van der Waals surface area contributed by atoms with E-state index in [0.29, 0.717) is 37.0 Å². The molecule has 0 spiro atoms. The molecule has 274 valence electrons. The number of nitro groups is 1. The van der Waals surface area contributed by atoms with Crippen LogP contribution in [0.25, 0.3) is 28.4 Å². The number of nitrogens with zero attached hydrogens (tertiary/aromatic N) is 7. The third kappa shape index (κ3) is 8.00. The van der Waals surface area contributed by atoms with Gasteiger partial charge in [-0.1, -0.05) is 68.8 Å². The predicted molar refractivity (Wildman–Crippen MR) is 201 cm³/mol. The van der Waals surface area contributed by atoms with Crippen LogP contribution in [-0.4, -0.2) is 48.9 Å². The third-order valence-corrected chi connectivity index (χ3v) is 9.88. The third-order valence-electron chi connectivity index (χ3n) is 7.47. The summed E-state index contributed by atoms with van der Waals surface area (Å²) in [6.07, 6.45) is 1.09. The molecule has 0 fully saturated rings. The van der Waals surface area contributed by atoms with Gasteiger partial charge in [0.2, 0.25) is 0 Å². The summed E-state index contributed by atoms with van der Waals surface area (Å²) >= 11 is 28.4. The number of rotatable bonds is 8. The zero-order valence-electron chi connectivity index (χ0n) is 27.7. The van der Waals surface area contributed by atoms with Crippen LogP contribution < -0.4 is 21.7 Å². The minimum atomic E-state index is -0.606. The Balaban J connectivity index is 0.000000206. The summed E-state index contributed by atoms with van der Waals surface area (Å²) in [5, 5.41) is 25.6. The van der Waals surface area contributed by atoms with E-state index in [4.69, 9.17) is 61.3 Å². The molecule has 0 bridgehead atoms. The number of nitrogens with two attached hydrogens (primary N) is 1. The zero-order chi connectivity index (χ0) is 38.7. The maximum Gasteiger partial charge on any atom is 0.287 e. The van der Waals surface area contributed by atoms with Gasteiger partial charge >= 0.3 is 0 Å².